The van der Waals surface area contributed by atoms with Gasteiger partial charge in [0.2, 0.25) is 5.91 Å². The lowest BCUT2D eigenvalue weighted by Gasteiger charge is -2.18. The minimum absolute atomic E-state index is 0.160. The highest BCUT2D eigenvalue weighted by atomic mass is 79.9. The molecule has 1 unspecified atom stereocenters. The molecule has 82 valence electrons. The zero-order valence-electron chi connectivity index (χ0n) is 9.11. The van der Waals surface area contributed by atoms with Gasteiger partial charge in [0.1, 0.15) is 0 Å². The summed E-state index contributed by atoms with van der Waals surface area (Å²) in [5, 5.41) is 0. The van der Waals surface area contributed by atoms with Crippen molar-refractivity contribution in [2.24, 2.45) is 0 Å². The number of hydrogen-bond acceptors (Lipinski definition) is 1. The topological polar surface area (TPSA) is 20.3 Å². The van der Waals surface area contributed by atoms with E-state index in [9.17, 15) is 4.79 Å². The zero-order valence-corrected chi connectivity index (χ0v) is 10.7. The van der Waals surface area contributed by atoms with Crippen molar-refractivity contribution in [2.45, 2.75) is 18.2 Å². The molecule has 0 aromatic heterocycles. The molecule has 0 saturated heterocycles. The van der Waals surface area contributed by atoms with Crippen LogP contribution in [0.3, 0.4) is 0 Å². The average molecular weight is 270 g/mol. The molecule has 3 heteroatoms. The number of carbonyl (C=O) groups is 1. The van der Waals surface area contributed by atoms with Crippen molar-refractivity contribution in [1.82, 2.24) is 4.90 Å². The second-order valence-electron chi connectivity index (χ2n) is 3.72. The van der Waals surface area contributed by atoms with Gasteiger partial charge >= 0.3 is 0 Å². The van der Waals surface area contributed by atoms with Crippen molar-refractivity contribution in [3.63, 3.8) is 0 Å². The van der Waals surface area contributed by atoms with E-state index in [1.165, 1.54) is 0 Å². The summed E-state index contributed by atoms with van der Waals surface area (Å²) in [5.74, 6) is 0.160. The summed E-state index contributed by atoms with van der Waals surface area (Å²) in [4.78, 5) is 13.8. The summed E-state index contributed by atoms with van der Waals surface area (Å²) in [6.07, 6.45) is 0.483. The third-order valence-corrected chi connectivity index (χ3v) is 2.44. The van der Waals surface area contributed by atoms with Crippen molar-refractivity contribution in [1.29, 1.82) is 0 Å². The Morgan fingerprint density at radius 1 is 1.40 bits per heavy atom. The molecule has 0 N–H and O–H groups in total. The van der Waals surface area contributed by atoms with E-state index < -0.39 is 0 Å². The van der Waals surface area contributed by atoms with Crippen LogP contribution in [0.5, 0.6) is 0 Å². The van der Waals surface area contributed by atoms with Crippen LogP contribution in [0.1, 0.15) is 12.5 Å². The van der Waals surface area contributed by atoms with Gasteiger partial charge in [0.15, 0.2) is 0 Å². The van der Waals surface area contributed by atoms with Gasteiger partial charge in [0, 0.05) is 18.4 Å². The van der Waals surface area contributed by atoms with Crippen LogP contribution < -0.4 is 0 Å². The molecule has 1 rings (SSSR count). The molecule has 0 radical (unpaired) electrons. The van der Waals surface area contributed by atoms with E-state index in [1.807, 2.05) is 44.3 Å². The third kappa shape index (κ3) is 4.47. The third-order valence-electron chi connectivity index (χ3n) is 2.15. The first-order valence-corrected chi connectivity index (χ1v) is 5.93. The lowest BCUT2D eigenvalue weighted by Crippen LogP contribution is -2.32. The molecular weight excluding hydrogens is 254 g/mol. The summed E-state index contributed by atoms with van der Waals surface area (Å²) in [6, 6.07) is 9.82. The quantitative estimate of drug-likeness (QED) is 0.770. The lowest BCUT2D eigenvalue weighted by molar-refractivity contribution is -0.129. The van der Waals surface area contributed by atoms with Crippen LogP contribution in [-0.2, 0) is 11.2 Å². The molecule has 0 saturated carbocycles. The first kappa shape index (κ1) is 12.2. The fraction of sp³-hybridized carbons (Fsp3) is 0.417. The smallest absolute Gasteiger partial charge is 0.226 e. The van der Waals surface area contributed by atoms with Crippen LogP contribution in [0.4, 0.5) is 0 Å². The van der Waals surface area contributed by atoms with Crippen LogP contribution >= 0.6 is 15.9 Å². The average Bonchev–Trinajstić information content (AvgIpc) is 2.18. The second kappa shape index (κ2) is 5.91. The minimum atomic E-state index is 0.160. The number of alkyl halides is 1. The number of halogens is 1. The molecule has 15 heavy (non-hydrogen) atoms. The molecule has 0 bridgehead atoms. The van der Waals surface area contributed by atoms with Gasteiger partial charge in [-0.05, 0) is 5.56 Å². The van der Waals surface area contributed by atoms with E-state index in [2.05, 4.69) is 15.9 Å². The zero-order chi connectivity index (χ0) is 11.3. The first-order chi connectivity index (χ1) is 7.09. The summed E-state index contributed by atoms with van der Waals surface area (Å²) in [7, 11) is 1.84. The standard InChI is InChI=1S/C12H16BrNO/c1-10(13)9-14(2)12(15)8-11-6-4-3-5-7-11/h3-7,10H,8-9H2,1-2H3. The predicted molar refractivity (Wildman–Crippen MR) is 66.2 cm³/mol. The van der Waals surface area contributed by atoms with E-state index in [0.717, 1.165) is 12.1 Å². The van der Waals surface area contributed by atoms with E-state index >= 15 is 0 Å². The van der Waals surface area contributed by atoms with Crippen molar-refractivity contribution in [2.75, 3.05) is 13.6 Å². The molecule has 0 fully saturated rings. The fourth-order valence-electron chi connectivity index (χ4n) is 1.38. The number of amides is 1. The minimum Gasteiger partial charge on any atom is -0.344 e. The number of benzene rings is 1. The number of hydrogen-bond donors (Lipinski definition) is 0. The van der Waals surface area contributed by atoms with Gasteiger partial charge in [0.05, 0.1) is 6.42 Å². The number of likely N-dealkylation sites (N-methyl/N-ethyl adjacent to an activating group) is 1. The SMILES string of the molecule is CC(Br)CN(C)C(=O)Cc1ccccc1. The number of carbonyl (C=O) groups excluding carboxylic acids is 1. The summed E-state index contributed by atoms with van der Waals surface area (Å²) >= 11 is 3.43. The molecule has 1 amide bonds. The highest BCUT2D eigenvalue weighted by Crippen LogP contribution is 2.04. The second-order valence-corrected chi connectivity index (χ2v) is 5.28. The van der Waals surface area contributed by atoms with Gasteiger partial charge in [-0.25, -0.2) is 0 Å². The maximum atomic E-state index is 11.8. The Balaban J connectivity index is 2.49. The maximum Gasteiger partial charge on any atom is 0.226 e. The van der Waals surface area contributed by atoms with Crippen molar-refractivity contribution < 1.29 is 4.79 Å². The highest BCUT2D eigenvalue weighted by molar-refractivity contribution is 9.09. The predicted octanol–water partition coefficient (Wildman–Crippen LogP) is 2.47. The molecule has 1 aromatic carbocycles. The van der Waals surface area contributed by atoms with Crippen LogP contribution in [-0.4, -0.2) is 29.2 Å². The lowest BCUT2D eigenvalue weighted by atomic mass is 10.1. The molecule has 0 aliphatic heterocycles. The van der Waals surface area contributed by atoms with Crippen LogP contribution in [0.2, 0.25) is 0 Å². The van der Waals surface area contributed by atoms with Crippen molar-refractivity contribution in [3.8, 4) is 0 Å². The molecule has 0 spiro atoms. The van der Waals surface area contributed by atoms with E-state index in [4.69, 9.17) is 0 Å². The Hall–Kier alpha value is -0.830. The molecule has 1 atom stereocenters. The number of nitrogens with zero attached hydrogens (tertiary/aromatic N) is 1. The molecule has 0 aliphatic carbocycles. The fourth-order valence-corrected chi connectivity index (χ4v) is 1.82. The Morgan fingerprint density at radius 2 is 2.00 bits per heavy atom. The van der Waals surface area contributed by atoms with Crippen LogP contribution in [0, 0.1) is 0 Å². The van der Waals surface area contributed by atoms with E-state index in [-0.39, 0.29) is 5.91 Å². The van der Waals surface area contributed by atoms with Gasteiger partial charge in [-0.15, -0.1) is 0 Å². The molecule has 1 aromatic rings. The molecule has 2 nitrogen and oxygen atoms in total. The van der Waals surface area contributed by atoms with E-state index in [1.54, 1.807) is 4.90 Å². The van der Waals surface area contributed by atoms with Gasteiger partial charge in [-0.3, -0.25) is 4.79 Å². The number of rotatable bonds is 4. The van der Waals surface area contributed by atoms with Crippen molar-refractivity contribution in [3.05, 3.63) is 35.9 Å². The monoisotopic (exact) mass is 269 g/mol. The molecule has 0 heterocycles. The van der Waals surface area contributed by atoms with Gasteiger partial charge < -0.3 is 4.90 Å². The first-order valence-electron chi connectivity index (χ1n) is 5.01. The summed E-state index contributed by atoms with van der Waals surface area (Å²) < 4.78 is 0. The van der Waals surface area contributed by atoms with Crippen LogP contribution in [0.25, 0.3) is 0 Å². The van der Waals surface area contributed by atoms with Gasteiger partial charge in [-0.1, -0.05) is 53.2 Å². The summed E-state index contributed by atoms with van der Waals surface area (Å²) in [6.45, 7) is 2.78. The normalized spacial score (nSPS) is 12.2. The maximum absolute atomic E-state index is 11.8. The van der Waals surface area contributed by atoms with Crippen molar-refractivity contribution >= 4 is 21.8 Å². The Kier molecular flexibility index (Phi) is 4.82. The Morgan fingerprint density at radius 3 is 2.53 bits per heavy atom. The molecule has 0 aliphatic rings. The van der Waals surface area contributed by atoms with E-state index in [0.29, 0.717) is 11.2 Å². The van der Waals surface area contributed by atoms with Gasteiger partial charge in [0.25, 0.3) is 0 Å². The Labute approximate surface area is 99.4 Å². The highest BCUT2D eigenvalue weighted by Gasteiger charge is 2.10. The molecular formula is C12H16BrNO. The van der Waals surface area contributed by atoms with Crippen LogP contribution in [0.15, 0.2) is 30.3 Å². The Bertz CT molecular complexity index is 311. The summed E-state index contributed by atoms with van der Waals surface area (Å²) in [5.41, 5.74) is 1.07. The van der Waals surface area contributed by atoms with Gasteiger partial charge in [-0.2, -0.15) is 0 Å². The largest absolute Gasteiger partial charge is 0.344 e.